The van der Waals surface area contributed by atoms with Gasteiger partial charge < -0.3 is 0 Å². The molecule has 3 aromatic heterocycles. The zero-order valence-electron chi connectivity index (χ0n) is 23.5. The van der Waals surface area contributed by atoms with Crippen LogP contribution >= 0.6 is 11.3 Å². The van der Waals surface area contributed by atoms with Crippen molar-refractivity contribution in [2.75, 3.05) is 0 Å². The van der Waals surface area contributed by atoms with Crippen molar-refractivity contribution < 1.29 is 0 Å². The van der Waals surface area contributed by atoms with Crippen molar-refractivity contribution in [3.8, 4) is 45.3 Å². The molecule has 0 atom stereocenters. The minimum absolute atomic E-state index is 0.0335. The molecule has 3 heterocycles. The van der Waals surface area contributed by atoms with E-state index in [9.17, 15) is 4.79 Å². The molecular formula is C36H25N5OS. The number of thiophene rings is 1. The van der Waals surface area contributed by atoms with E-state index in [-0.39, 0.29) is 5.69 Å². The summed E-state index contributed by atoms with van der Waals surface area (Å²) in [5.41, 5.74) is 6.67. The van der Waals surface area contributed by atoms with Gasteiger partial charge in [0.25, 0.3) is 0 Å². The monoisotopic (exact) mass is 575 g/mol. The molecule has 7 heteroatoms. The van der Waals surface area contributed by atoms with Crippen LogP contribution in [0.2, 0.25) is 0 Å². The topological polar surface area (TPSA) is 65.6 Å². The molecule has 206 valence electrons. The number of fused-ring (bicyclic) bond motifs is 4. The van der Waals surface area contributed by atoms with Crippen LogP contribution in [0, 0.1) is 0 Å². The van der Waals surface area contributed by atoms with Crippen molar-refractivity contribution in [3.63, 3.8) is 0 Å². The van der Waals surface area contributed by atoms with Crippen molar-refractivity contribution in [2.45, 2.75) is 0 Å². The number of aromatic nitrogens is 5. The Hall–Kier alpha value is -5.40. The fraction of sp³-hybridized carbons (Fsp3) is 0.0556. The van der Waals surface area contributed by atoms with Gasteiger partial charge in [-0.3, -0.25) is 9.13 Å². The van der Waals surface area contributed by atoms with E-state index in [1.165, 1.54) is 20.2 Å². The summed E-state index contributed by atoms with van der Waals surface area (Å²) in [5.74, 6) is 1.90. The van der Waals surface area contributed by atoms with E-state index in [0.29, 0.717) is 17.5 Å². The van der Waals surface area contributed by atoms with E-state index in [0.717, 1.165) is 38.9 Å². The number of imidazole rings is 1. The largest absolute Gasteiger partial charge is 0.328 e. The Balaban J connectivity index is 1.23. The highest BCUT2D eigenvalue weighted by Crippen LogP contribution is 2.36. The maximum absolute atomic E-state index is 12.4. The van der Waals surface area contributed by atoms with Gasteiger partial charge in [-0.15, -0.1) is 11.3 Å². The lowest BCUT2D eigenvalue weighted by atomic mass is 10.0. The van der Waals surface area contributed by atoms with E-state index < -0.39 is 0 Å². The Kier molecular flexibility index (Phi) is 5.80. The molecule has 0 bridgehead atoms. The highest BCUT2D eigenvalue weighted by Gasteiger charge is 2.15. The molecule has 5 aromatic carbocycles. The van der Waals surface area contributed by atoms with Crippen molar-refractivity contribution in [1.82, 2.24) is 24.1 Å². The Bertz CT molecular complexity index is 2380. The lowest BCUT2D eigenvalue weighted by Crippen LogP contribution is -2.19. The molecule has 6 nitrogen and oxygen atoms in total. The zero-order chi connectivity index (χ0) is 29.1. The quantitative estimate of drug-likeness (QED) is 0.213. The highest BCUT2D eigenvalue weighted by atomic mass is 32.1. The third-order valence-corrected chi connectivity index (χ3v) is 9.19. The van der Waals surface area contributed by atoms with Gasteiger partial charge in [0.2, 0.25) is 0 Å². The summed E-state index contributed by atoms with van der Waals surface area (Å²) >= 11 is 1.78. The second-order valence-corrected chi connectivity index (χ2v) is 11.7. The molecule has 0 aliphatic heterocycles. The number of benzene rings is 5. The fourth-order valence-electron chi connectivity index (χ4n) is 5.71. The molecule has 0 aliphatic rings. The van der Waals surface area contributed by atoms with E-state index >= 15 is 0 Å². The predicted octanol–water partition coefficient (Wildman–Crippen LogP) is 8.10. The Morgan fingerprint density at radius 2 is 1.05 bits per heavy atom. The summed E-state index contributed by atoms with van der Waals surface area (Å²) in [5, 5.41) is 2.51. The SMILES string of the molecule is Cn1c(=O)n(C)c2cc(-c3ccc(-c4nc(-c5ccccc5)nc(-c5ccc6c(c5)sc5ccccc56)n4)cc3)ccc21. The van der Waals surface area contributed by atoms with Crippen molar-refractivity contribution >= 4 is 42.5 Å². The summed E-state index contributed by atoms with van der Waals surface area (Å²) in [4.78, 5) is 27.2. The average Bonchev–Trinajstić information content (AvgIpc) is 3.54. The number of nitrogens with zero attached hydrogens (tertiary/aromatic N) is 5. The summed E-state index contributed by atoms with van der Waals surface area (Å²) in [6.45, 7) is 0. The molecule has 0 unspecified atom stereocenters. The van der Waals surface area contributed by atoms with Crippen molar-refractivity contribution in [1.29, 1.82) is 0 Å². The molecule has 0 spiro atoms. The van der Waals surface area contributed by atoms with Crippen molar-refractivity contribution in [3.05, 3.63) is 126 Å². The third kappa shape index (κ3) is 4.24. The van der Waals surface area contributed by atoms with Crippen LogP contribution in [0.1, 0.15) is 0 Å². The normalized spacial score (nSPS) is 11.6. The number of rotatable bonds is 4. The van der Waals surface area contributed by atoms with E-state index in [1.54, 1.807) is 34.6 Å². The molecule has 0 saturated heterocycles. The molecule has 0 aliphatic carbocycles. The van der Waals surface area contributed by atoms with Crippen LogP contribution in [0.5, 0.6) is 0 Å². The molecule has 0 fully saturated rings. The van der Waals surface area contributed by atoms with Gasteiger partial charge in [0.15, 0.2) is 17.5 Å². The molecule has 0 radical (unpaired) electrons. The first-order valence-corrected chi connectivity index (χ1v) is 14.8. The van der Waals surface area contributed by atoms with E-state index in [1.807, 2.05) is 48.5 Å². The smallest absolute Gasteiger partial charge is 0.295 e. The summed E-state index contributed by atoms with van der Waals surface area (Å²) in [7, 11) is 3.60. The van der Waals surface area contributed by atoms with Gasteiger partial charge in [-0.1, -0.05) is 91.0 Å². The van der Waals surface area contributed by atoms with Crippen molar-refractivity contribution in [2.24, 2.45) is 14.1 Å². The second-order valence-electron chi connectivity index (χ2n) is 10.7. The van der Waals surface area contributed by atoms with Gasteiger partial charge in [0.1, 0.15) is 0 Å². The lowest BCUT2D eigenvalue weighted by Gasteiger charge is -2.09. The fourth-order valence-corrected chi connectivity index (χ4v) is 6.86. The minimum Gasteiger partial charge on any atom is -0.295 e. The van der Waals surface area contributed by atoms with Crippen LogP contribution in [0.15, 0.2) is 120 Å². The molecule has 0 amide bonds. The summed E-state index contributed by atoms with van der Waals surface area (Å²) in [6.07, 6.45) is 0. The predicted molar refractivity (Wildman–Crippen MR) is 176 cm³/mol. The average molecular weight is 576 g/mol. The second kappa shape index (κ2) is 9.86. The lowest BCUT2D eigenvalue weighted by molar-refractivity contribution is 0.795. The van der Waals surface area contributed by atoms with E-state index in [2.05, 4.69) is 66.7 Å². The van der Waals surface area contributed by atoms with Crippen LogP contribution in [-0.4, -0.2) is 24.1 Å². The number of hydrogen-bond acceptors (Lipinski definition) is 5. The van der Waals surface area contributed by atoms with Gasteiger partial charge in [-0.05, 0) is 35.4 Å². The van der Waals surface area contributed by atoms with Crippen LogP contribution in [-0.2, 0) is 14.1 Å². The molecular weight excluding hydrogens is 550 g/mol. The van der Waals surface area contributed by atoms with E-state index in [4.69, 9.17) is 15.0 Å². The maximum atomic E-state index is 12.4. The zero-order valence-corrected chi connectivity index (χ0v) is 24.3. The van der Waals surface area contributed by atoms with Gasteiger partial charge in [-0.2, -0.15) is 0 Å². The Morgan fingerprint density at radius 3 is 1.81 bits per heavy atom. The maximum Gasteiger partial charge on any atom is 0.328 e. The third-order valence-electron chi connectivity index (χ3n) is 8.05. The van der Waals surface area contributed by atoms with Crippen LogP contribution in [0.4, 0.5) is 0 Å². The first-order chi connectivity index (χ1) is 21.0. The number of hydrogen-bond donors (Lipinski definition) is 0. The Labute approximate surface area is 251 Å². The molecule has 8 aromatic rings. The molecule has 0 saturated carbocycles. The Morgan fingerprint density at radius 1 is 0.488 bits per heavy atom. The number of aryl methyl sites for hydroxylation is 2. The minimum atomic E-state index is -0.0335. The van der Waals surface area contributed by atoms with Crippen LogP contribution in [0.25, 0.3) is 76.5 Å². The summed E-state index contributed by atoms with van der Waals surface area (Å²) < 4.78 is 5.83. The van der Waals surface area contributed by atoms with Gasteiger partial charge in [-0.25, -0.2) is 19.7 Å². The summed E-state index contributed by atoms with van der Waals surface area (Å²) in [6, 6.07) is 39.3. The van der Waals surface area contributed by atoms with Gasteiger partial charge in [0.05, 0.1) is 11.0 Å². The van der Waals surface area contributed by atoms with Gasteiger partial charge in [0, 0.05) is 51.0 Å². The first kappa shape index (κ1) is 25.3. The molecule has 8 rings (SSSR count). The first-order valence-electron chi connectivity index (χ1n) is 14.0. The standard InChI is InChI=1S/C36H25N5OS/c1-40-29-19-17-25(20-30(29)41(2)36(40)42)22-12-14-24(15-13-22)34-37-33(23-8-4-3-5-9-23)38-35(39-34)26-16-18-28-27-10-6-7-11-31(27)43-32(28)21-26/h3-21H,1-2H3. The highest BCUT2D eigenvalue weighted by molar-refractivity contribution is 7.25. The molecule has 43 heavy (non-hydrogen) atoms. The molecule has 0 N–H and O–H groups in total. The van der Waals surface area contributed by atoms with Crippen LogP contribution < -0.4 is 5.69 Å². The van der Waals surface area contributed by atoms with Gasteiger partial charge >= 0.3 is 5.69 Å². The van der Waals surface area contributed by atoms with Crippen LogP contribution in [0.3, 0.4) is 0 Å².